The number of hydrogen-bond donors (Lipinski definition) is 9. The molecule has 314 valence electrons. The monoisotopic (exact) mass is 840 g/mol. The van der Waals surface area contributed by atoms with Crippen molar-refractivity contribution in [3.8, 4) is 5.75 Å². The topological polar surface area (TPSA) is 269 Å². The number of ether oxygens (including phenoxy) is 1. The number of aromatic amines is 2. The van der Waals surface area contributed by atoms with Gasteiger partial charge in [-0.05, 0) is 36.2 Å². The highest BCUT2D eigenvalue weighted by atomic mass is 32.1. The second-order valence-electron chi connectivity index (χ2n) is 14.1. The normalized spacial score (nSPS) is 20.8. The number of thiazole rings is 1. The molecule has 4 heterocycles. The number of likely N-dealkylation sites (N-methyl/N-ethyl adjacent to an activating group) is 1. The number of aliphatic hydroxyl groups excluding tert-OH is 1. The molecular weight excluding hydrogens is 797 g/mol. The van der Waals surface area contributed by atoms with Gasteiger partial charge in [0, 0.05) is 59.5 Å². The number of carbonyl (C=O) groups excluding carboxylic acids is 7. The van der Waals surface area contributed by atoms with E-state index in [4.69, 9.17) is 4.74 Å². The molecule has 0 spiro atoms. The number of carbonyl (C=O) groups is 7. The van der Waals surface area contributed by atoms with Crippen molar-refractivity contribution in [3.63, 3.8) is 0 Å². The van der Waals surface area contributed by atoms with E-state index in [1.807, 2.05) is 30.3 Å². The van der Waals surface area contributed by atoms with Crippen molar-refractivity contribution in [3.05, 3.63) is 94.3 Å². The van der Waals surface area contributed by atoms with E-state index in [1.165, 1.54) is 26.5 Å². The molecular formula is C40H44N10O9S. The Balaban J connectivity index is 1.35. The molecule has 20 heteroatoms. The molecule has 9 N–H and O–H groups in total. The molecule has 0 radical (unpaired) electrons. The van der Waals surface area contributed by atoms with Crippen LogP contribution in [0.4, 0.5) is 0 Å². The molecule has 0 aliphatic carbocycles. The predicted molar refractivity (Wildman–Crippen MR) is 219 cm³/mol. The summed E-state index contributed by atoms with van der Waals surface area (Å²) in [6.07, 6.45) is 3.29. The van der Waals surface area contributed by atoms with E-state index in [2.05, 4.69) is 53.4 Å². The lowest BCUT2D eigenvalue weighted by molar-refractivity contribution is -0.134. The standard InChI is InChI=1S/C40H44N10O9S/c1-20-35(54)45-21(2)40(58)50(3)17-33(53)46-29(18-51)39-49-30(19-60-39)38(57)48-28(12-22-14-41-25-9-6-5-8-24(22)25)37(56)47-27(36(55)43-16-32(52)44-20)13-23-15-42-26-10-7-11-31(59-4)34(23)26/h5-11,14-15,19-20,27-29,41-42,51H,2,12-13,16-18H2,1,3-4H3,(H,43,55)(H,44,52)(H,45,54)(H,46,53)(H,47,56)(H,48,57). The molecule has 0 fully saturated rings. The Morgan fingerprint density at radius 1 is 0.833 bits per heavy atom. The number of methoxy groups -OCH3 is 1. The molecule has 5 aromatic rings. The number of amides is 7. The molecule has 19 nitrogen and oxygen atoms in total. The van der Waals surface area contributed by atoms with Gasteiger partial charge in [0.2, 0.25) is 29.5 Å². The lowest BCUT2D eigenvalue weighted by Crippen LogP contribution is -2.56. The number of benzene rings is 2. The third-order valence-electron chi connectivity index (χ3n) is 9.77. The molecule has 7 amide bonds. The van der Waals surface area contributed by atoms with Crippen LogP contribution < -0.4 is 36.6 Å². The van der Waals surface area contributed by atoms with Crippen LogP contribution >= 0.6 is 11.3 Å². The van der Waals surface area contributed by atoms with Gasteiger partial charge in [-0.2, -0.15) is 0 Å². The molecule has 4 atom stereocenters. The van der Waals surface area contributed by atoms with Crippen LogP contribution in [0.1, 0.15) is 39.6 Å². The first-order valence-electron chi connectivity index (χ1n) is 18.7. The fourth-order valence-electron chi connectivity index (χ4n) is 6.67. The maximum atomic E-state index is 14.4. The van der Waals surface area contributed by atoms with E-state index < -0.39 is 85.2 Å². The number of para-hydroxylation sites is 1. The number of nitrogens with one attached hydrogen (secondary N) is 8. The van der Waals surface area contributed by atoms with Gasteiger partial charge in [-0.3, -0.25) is 33.6 Å². The first-order valence-corrected chi connectivity index (χ1v) is 19.6. The Hall–Kier alpha value is -7.06. The molecule has 1 aliphatic rings. The van der Waals surface area contributed by atoms with Crippen LogP contribution in [0, 0.1) is 0 Å². The first kappa shape index (κ1) is 42.5. The number of rotatable bonds is 6. The van der Waals surface area contributed by atoms with Crippen LogP contribution in [0.15, 0.2) is 72.5 Å². The van der Waals surface area contributed by atoms with E-state index >= 15 is 0 Å². The third-order valence-corrected chi connectivity index (χ3v) is 10.7. The smallest absolute Gasteiger partial charge is 0.271 e. The van der Waals surface area contributed by atoms with Crippen molar-refractivity contribution < 1.29 is 43.4 Å². The van der Waals surface area contributed by atoms with Crippen LogP contribution in [0.5, 0.6) is 5.75 Å². The Bertz CT molecular complexity index is 2470. The zero-order valence-corrected chi connectivity index (χ0v) is 33.7. The molecule has 2 aromatic carbocycles. The summed E-state index contributed by atoms with van der Waals surface area (Å²) in [6, 6.07) is 7.89. The van der Waals surface area contributed by atoms with Crippen molar-refractivity contribution in [1.82, 2.24) is 51.8 Å². The maximum Gasteiger partial charge on any atom is 0.271 e. The van der Waals surface area contributed by atoms with E-state index in [9.17, 15) is 38.7 Å². The molecule has 0 saturated heterocycles. The Morgan fingerprint density at radius 3 is 2.30 bits per heavy atom. The van der Waals surface area contributed by atoms with Crippen molar-refractivity contribution in [2.24, 2.45) is 0 Å². The molecule has 2 bridgehead atoms. The highest BCUT2D eigenvalue weighted by molar-refractivity contribution is 7.10. The largest absolute Gasteiger partial charge is 0.496 e. The minimum Gasteiger partial charge on any atom is -0.496 e. The zero-order chi connectivity index (χ0) is 43.1. The van der Waals surface area contributed by atoms with Crippen LogP contribution in [-0.2, 0) is 41.6 Å². The van der Waals surface area contributed by atoms with E-state index in [0.29, 0.717) is 27.8 Å². The van der Waals surface area contributed by atoms with E-state index in [-0.39, 0.29) is 29.2 Å². The highest BCUT2D eigenvalue weighted by Crippen LogP contribution is 2.29. The molecule has 0 saturated carbocycles. The number of fused-ring (bicyclic) bond motifs is 4. The summed E-state index contributed by atoms with van der Waals surface area (Å²) >= 11 is 0.973. The summed E-state index contributed by atoms with van der Waals surface area (Å²) in [5.74, 6) is -4.81. The van der Waals surface area contributed by atoms with Gasteiger partial charge in [-0.15, -0.1) is 11.3 Å². The summed E-state index contributed by atoms with van der Waals surface area (Å²) < 4.78 is 5.58. The van der Waals surface area contributed by atoms with Crippen LogP contribution in [0.25, 0.3) is 21.8 Å². The van der Waals surface area contributed by atoms with Crippen molar-refractivity contribution in [2.75, 3.05) is 33.9 Å². The van der Waals surface area contributed by atoms with E-state index in [0.717, 1.165) is 27.1 Å². The summed E-state index contributed by atoms with van der Waals surface area (Å²) in [6.45, 7) is 3.21. The third kappa shape index (κ3) is 9.79. The average Bonchev–Trinajstić information content (AvgIpc) is 4.00. The Labute approximate surface area is 346 Å². The fourth-order valence-corrected chi connectivity index (χ4v) is 7.51. The van der Waals surface area contributed by atoms with Crippen LogP contribution in [0.3, 0.4) is 0 Å². The zero-order valence-electron chi connectivity index (χ0n) is 32.8. The lowest BCUT2D eigenvalue weighted by atomic mass is 10.0. The number of aromatic nitrogens is 3. The van der Waals surface area contributed by atoms with E-state index in [1.54, 1.807) is 24.5 Å². The fraction of sp³-hybridized carbons (Fsp3) is 0.300. The summed E-state index contributed by atoms with van der Waals surface area (Å²) in [4.78, 5) is 106. The molecule has 60 heavy (non-hydrogen) atoms. The number of H-pyrrole nitrogens is 2. The predicted octanol–water partition coefficient (Wildman–Crippen LogP) is 0.0553. The van der Waals surface area contributed by atoms with Gasteiger partial charge < -0.3 is 56.6 Å². The molecule has 6 rings (SSSR count). The van der Waals surface area contributed by atoms with Crippen molar-refractivity contribution in [1.29, 1.82) is 0 Å². The lowest BCUT2D eigenvalue weighted by Gasteiger charge is -2.23. The van der Waals surface area contributed by atoms with Crippen LogP contribution in [-0.4, -0.2) is 118 Å². The summed E-state index contributed by atoms with van der Waals surface area (Å²) in [5, 5.41) is 28.6. The second-order valence-corrected chi connectivity index (χ2v) is 15.0. The van der Waals surface area contributed by atoms with Crippen molar-refractivity contribution in [2.45, 2.75) is 43.9 Å². The van der Waals surface area contributed by atoms with Crippen molar-refractivity contribution >= 4 is 74.5 Å². The number of nitrogens with zero attached hydrogens (tertiary/aromatic N) is 2. The first-order chi connectivity index (χ1) is 28.8. The van der Waals surface area contributed by atoms with Crippen LogP contribution in [0.2, 0.25) is 0 Å². The maximum absolute atomic E-state index is 14.4. The van der Waals surface area contributed by atoms with Gasteiger partial charge in [0.05, 0.1) is 32.5 Å². The minimum atomic E-state index is -1.31. The Kier molecular flexibility index (Phi) is 13.2. The van der Waals surface area contributed by atoms with Gasteiger partial charge in [-0.1, -0.05) is 30.8 Å². The summed E-state index contributed by atoms with van der Waals surface area (Å²) in [7, 11) is 2.80. The second kappa shape index (κ2) is 18.7. The SMILES string of the molecule is C=C1NC(=O)C(C)NC(=O)CNC(=O)C(Cc2c[nH]c3cccc(OC)c23)NC(=O)C(Cc2c[nH]c3ccccc23)NC(=O)c2csc(n2)C(CO)NC(=O)CN(C)C1=O. The van der Waals surface area contributed by atoms with Gasteiger partial charge in [0.15, 0.2) is 0 Å². The number of aliphatic hydroxyl groups is 1. The van der Waals surface area contributed by atoms with Gasteiger partial charge in [0.1, 0.15) is 40.6 Å². The van der Waals surface area contributed by atoms with Gasteiger partial charge in [-0.25, -0.2) is 4.98 Å². The Morgan fingerprint density at radius 2 is 1.53 bits per heavy atom. The van der Waals surface area contributed by atoms with Gasteiger partial charge >= 0.3 is 0 Å². The van der Waals surface area contributed by atoms with Gasteiger partial charge in [0.25, 0.3) is 11.8 Å². The quantitative estimate of drug-likeness (QED) is 0.104. The molecule has 1 aliphatic heterocycles. The number of hydrogen-bond acceptors (Lipinski definition) is 11. The highest BCUT2D eigenvalue weighted by Gasteiger charge is 2.31. The average molecular weight is 841 g/mol. The molecule has 3 aromatic heterocycles. The minimum absolute atomic E-state index is 0.0236. The molecule has 4 unspecified atom stereocenters. The summed E-state index contributed by atoms with van der Waals surface area (Å²) in [5.41, 5.74) is 2.28.